The van der Waals surface area contributed by atoms with Gasteiger partial charge in [-0.15, -0.1) is 0 Å². The van der Waals surface area contributed by atoms with Crippen LogP contribution in [0, 0.1) is 5.92 Å². The maximum absolute atomic E-state index is 12.3. The van der Waals surface area contributed by atoms with E-state index in [0.29, 0.717) is 24.5 Å². The van der Waals surface area contributed by atoms with Gasteiger partial charge < -0.3 is 10.1 Å². The largest absolute Gasteiger partial charge is 0.497 e. The van der Waals surface area contributed by atoms with E-state index in [9.17, 15) is 9.59 Å². The van der Waals surface area contributed by atoms with Crippen LogP contribution in [-0.4, -0.2) is 24.6 Å². The molecule has 1 atom stereocenters. The number of nitrogens with zero attached hydrogens (tertiary/aromatic N) is 1. The molecule has 0 radical (unpaired) electrons. The summed E-state index contributed by atoms with van der Waals surface area (Å²) >= 11 is 0. The summed E-state index contributed by atoms with van der Waals surface area (Å²) in [4.78, 5) is 23.4. The van der Waals surface area contributed by atoms with Crippen LogP contribution in [-0.2, 0) is 9.59 Å². The van der Waals surface area contributed by atoms with Crippen molar-refractivity contribution in [1.82, 2.24) is 10.7 Å². The molecule has 1 aromatic carbocycles. The lowest BCUT2D eigenvalue weighted by Gasteiger charge is -2.20. The molecule has 2 aliphatic rings. The van der Waals surface area contributed by atoms with Gasteiger partial charge in [-0.3, -0.25) is 9.59 Å². The van der Waals surface area contributed by atoms with Crippen LogP contribution in [0.3, 0.4) is 0 Å². The standard InChI is InChI=1S/C16H19N3O3/c1-22-12-6-4-11(5-7-12)15(10-2-3-10)17-16(21)13-8-9-14(20)19-18-13/h4-7,10,15H,2-3,8-9H2,1H3,(H,17,21)(H,19,20)/t15-/m0/s1. The third-order valence-electron chi connectivity index (χ3n) is 4.02. The third kappa shape index (κ3) is 3.27. The minimum atomic E-state index is -0.201. The Labute approximate surface area is 128 Å². The molecule has 1 aliphatic carbocycles. The van der Waals surface area contributed by atoms with E-state index in [-0.39, 0.29) is 17.9 Å². The summed E-state index contributed by atoms with van der Waals surface area (Å²) in [6.07, 6.45) is 2.92. The zero-order chi connectivity index (χ0) is 15.5. The van der Waals surface area contributed by atoms with Gasteiger partial charge in [-0.1, -0.05) is 12.1 Å². The van der Waals surface area contributed by atoms with E-state index in [4.69, 9.17) is 4.74 Å². The molecule has 0 spiro atoms. The fourth-order valence-corrected chi connectivity index (χ4v) is 2.58. The molecule has 0 bridgehead atoms. The molecular formula is C16H19N3O3. The third-order valence-corrected chi connectivity index (χ3v) is 4.02. The van der Waals surface area contributed by atoms with Gasteiger partial charge in [0, 0.05) is 12.8 Å². The number of methoxy groups -OCH3 is 1. The topological polar surface area (TPSA) is 79.8 Å². The molecule has 1 fully saturated rings. The number of amides is 2. The number of ether oxygens (including phenoxy) is 1. The minimum absolute atomic E-state index is 0.0151. The van der Waals surface area contributed by atoms with Crippen LogP contribution in [0.4, 0.5) is 0 Å². The Morgan fingerprint density at radius 3 is 2.59 bits per heavy atom. The number of hydrogen-bond donors (Lipinski definition) is 2. The molecule has 0 saturated heterocycles. The maximum atomic E-state index is 12.3. The molecule has 1 aliphatic heterocycles. The Morgan fingerprint density at radius 2 is 2.05 bits per heavy atom. The second-order valence-electron chi connectivity index (χ2n) is 5.66. The van der Waals surface area contributed by atoms with Gasteiger partial charge in [-0.05, 0) is 36.5 Å². The lowest BCUT2D eigenvalue weighted by Crippen LogP contribution is -2.39. The molecule has 1 heterocycles. The van der Waals surface area contributed by atoms with Crippen LogP contribution in [0.15, 0.2) is 29.4 Å². The molecule has 1 aromatic rings. The number of nitrogens with one attached hydrogen (secondary N) is 2. The Hall–Kier alpha value is -2.37. The van der Waals surface area contributed by atoms with Crippen molar-refractivity contribution in [2.75, 3.05) is 7.11 Å². The van der Waals surface area contributed by atoms with Gasteiger partial charge >= 0.3 is 0 Å². The highest BCUT2D eigenvalue weighted by Gasteiger charge is 2.34. The Kier molecular flexibility index (Phi) is 4.09. The Balaban J connectivity index is 1.71. The predicted octanol–water partition coefficient (Wildman–Crippen LogP) is 1.53. The highest BCUT2D eigenvalue weighted by Crippen LogP contribution is 2.41. The van der Waals surface area contributed by atoms with E-state index >= 15 is 0 Å². The fraction of sp³-hybridized carbons (Fsp3) is 0.438. The quantitative estimate of drug-likeness (QED) is 0.865. The van der Waals surface area contributed by atoms with Crippen molar-refractivity contribution in [1.29, 1.82) is 0 Å². The van der Waals surface area contributed by atoms with E-state index in [0.717, 1.165) is 24.2 Å². The summed E-state index contributed by atoms with van der Waals surface area (Å²) in [6, 6.07) is 7.74. The fourth-order valence-electron chi connectivity index (χ4n) is 2.58. The number of hydrogen-bond acceptors (Lipinski definition) is 4. The first-order valence-corrected chi connectivity index (χ1v) is 7.47. The van der Waals surface area contributed by atoms with Crippen LogP contribution in [0.25, 0.3) is 0 Å². The molecule has 6 heteroatoms. The number of benzene rings is 1. The van der Waals surface area contributed by atoms with Crippen molar-refractivity contribution in [3.05, 3.63) is 29.8 Å². The SMILES string of the molecule is COc1ccc([C@@H](NC(=O)C2=NNC(=O)CC2)C2CC2)cc1. The number of carbonyl (C=O) groups excluding carboxylic acids is 2. The maximum Gasteiger partial charge on any atom is 0.267 e. The number of rotatable bonds is 5. The van der Waals surface area contributed by atoms with Crippen molar-refractivity contribution in [2.24, 2.45) is 11.0 Å². The van der Waals surface area contributed by atoms with Crippen LogP contribution in [0.2, 0.25) is 0 Å². The summed E-state index contributed by atoms with van der Waals surface area (Å²) in [5, 5.41) is 6.90. The molecule has 2 N–H and O–H groups in total. The minimum Gasteiger partial charge on any atom is -0.497 e. The van der Waals surface area contributed by atoms with Crippen LogP contribution >= 0.6 is 0 Å². The van der Waals surface area contributed by atoms with Crippen molar-refractivity contribution < 1.29 is 14.3 Å². The van der Waals surface area contributed by atoms with E-state index < -0.39 is 0 Å². The predicted molar refractivity (Wildman–Crippen MR) is 81.4 cm³/mol. The first-order valence-electron chi connectivity index (χ1n) is 7.47. The van der Waals surface area contributed by atoms with Gasteiger partial charge in [0.2, 0.25) is 5.91 Å². The van der Waals surface area contributed by atoms with Gasteiger partial charge in [0.25, 0.3) is 5.91 Å². The molecule has 2 amide bonds. The van der Waals surface area contributed by atoms with E-state index in [1.165, 1.54) is 0 Å². The lowest BCUT2D eigenvalue weighted by atomic mass is 10.0. The monoisotopic (exact) mass is 301 g/mol. The molecule has 1 saturated carbocycles. The van der Waals surface area contributed by atoms with Crippen LogP contribution in [0.1, 0.15) is 37.3 Å². The molecule has 22 heavy (non-hydrogen) atoms. The van der Waals surface area contributed by atoms with E-state index in [1.54, 1.807) is 7.11 Å². The van der Waals surface area contributed by atoms with Gasteiger partial charge in [-0.25, -0.2) is 5.43 Å². The average Bonchev–Trinajstić information content (AvgIpc) is 3.38. The molecule has 0 aromatic heterocycles. The normalized spacial score (nSPS) is 19.0. The van der Waals surface area contributed by atoms with Gasteiger partial charge in [0.15, 0.2) is 0 Å². The van der Waals surface area contributed by atoms with Gasteiger partial charge in [0.05, 0.1) is 13.2 Å². The van der Waals surface area contributed by atoms with E-state index in [1.807, 2.05) is 24.3 Å². The van der Waals surface area contributed by atoms with Crippen LogP contribution < -0.4 is 15.5 Å². The summed E-state index contributed by atoms with van der Waals surface area (Å²) in [5.74, 6) is 0.915. The first-order chi connectivity index (χ1) is 10.7. The smallest absolute Gasteiger partial charge is 0.267 e. The van der Waals surface area contributed by atoms with Crippen molar-refractivity contribution in [2.45, 2.75) is 31.7 Å². The zero-order valence-electron chi connectivity index (χ0n) is 12.5. The zero-order valence-corrected chi connectivity index (χ0v) is 12.5. The first kappa shape index (κ1) is 14.6. The van der Waals surface area contributed by atoms with Crippen molar-refractivity contribution in [3.63, 3.8) is 0 Å². The van der Waals surface area contributed by atoms with Crippen molar-refractivity contribution in [3.8, 4) is 5.75 Å². The van der Waals surface area contributed by atoms with Gasteiger partial charge in [0.1, 0.15) is 11.5 Å². The second-order valence-corrected chi connectivity index (χ2v) is 5.66. The molecule has 3 rings (SSSR count). The summed E-state index contributed by atoms with van der Waals surface area (Å²) < 4.78 is 5.16. The van der Waals surface area contributed by atoms with Crippen LogP contribution in [0.5, 0.6) is 5.75 Å². The van der Waals surface area contributed by atoms with Gasteiger partial charge in [-0.2, -0.15) is 5.10 Å². The molecule has 0 unspecified atom stereocenters. The lowest BCUT2D eigenvalue weighted by molar-refractivity contribution is -0.121. The summed E-state index contributed by atoms with van der Waals surface area (Å²) in [7, 11) is 1.63. The Morgan fingerprint density at radius 1 is 1.32 bits per heavy atom. The van der Waals surface area contributed by atoms with Crippen molar-refractivity contribution >= 4 is 17.5 Å². The number of carbonyl (C=O) groups is 2. The summed E-state index contributed by atoms with van der Waals surface area (Å²) in [5.41, 5.74) is 3.81. The highest BCUT2D eigenvalue weighted by atomic mass is 16.5. The number of hydrazone groups is 1. The Bertz CT molecular complexity index is 606. The molecular weight excluding hydrogens is 282 g/mol. The highest BCUT2D eigenvalue weighted by molar-refractivity contribution is 6.39. The van der Waals surface area contributed by atoms with E-state index in [2.05, 4.69) is 15.8 Å². The summed E-state index contributed by atoms with van der Waals surface area (Å²) in [6.45, 7) is 0. The molecule has 116 valence electrons. The average molecular weight is 301 g/mol. The second kappa shape index (κ2) is 6.17. The molecule has 6 nitrogen and oxygen atoms in total.